The highest BCUT2D eigenvalue weighted by atomic mass is 16.2. The third kappa shape index (κ3) is 1.85. The van der Waals surface area contributed by atoms with E-state index in [2.05, 4.69) is 29.1 Å². The summed E-state index contributed by atoms with van der Waals surface area (Å²) in [6, 6.07) is 0. The fourth-order valence-corrected chi connectivity index (χ4v) is 2.24. The number of fused-ring (bicyclic) bond motifs is 1. The molecule has 5 heteroatoms. The van der Waals surface area contributed by atoms with Crippen LogP contribution in [0.15, 0.2) is 24.8 Å². The van der Waals surface area contributed by atoms with Crippen LogP contribution < -0.4 is 5.32 Å². The van der Waals surface area contributed by atoms with Crippen molar-refractivity contribution >= 4 is 11.6 Å². The lowest BCUT2D eigenvalue weighted by atomic mass is 10.1. The van der Waals surface area contributed by atoms with E-state index in [1.54, 1.807) is 18.6 Å². The van der Waals surface area contributed by atoms with Crippen molar-refractivity contribution < 1.29 is 4.79 Å². The Morgan fingerprint density at radius 1 is 1.56 bits per heavy atom. The molecule has 1 saturated carbocycles. The number of aromatic nitrogens is 3. The Morgan fingerprint density at radius 3 is 3.06 bits per heavy atom. The highest BCUT2D eigenvalue weighted by Crippen LogP contribution is 2.51. The van der Waals surface area contributed by atoms with Gasteiger partial charge in [-0.1, -0.05) is 13.8 Å². The number of amides is 1. The summed E-state index contributed by atoms with van der Waals surface area (Å²) in [6.45, 7) is 4.75. The second-order valence-corrected chi connectivity index (χ2v) is 5.52. The molecule has 0 aromatic carbocycles. The smallest absolute Gasteiger partial charge is 0.223 e. The molecule has 94 valence electrons. The van der Waals surface area contributed by atoms with Crippen molar-refractivity contribution in [2.75, 3.05) is 0 Å². The minimum atomic E-state index is 0.143. The summed E-state index contributed by atoms with van der Waals surface area (Å²) < 4.78 is 1.94. The first-order chi connectivity index (χ1) is 8.58. The third-order valence-electron chi connectivity index (χ3n) is 3.67. The van der Waals surface area contributed by atoms with E-state index in [9.17, 15) is 4.79 Å². The second-order valence-electron chi connectivity index (χ2n) is 5.52. The molecular formula is C13H16N4O. The van der Waals surface area contributed by atoms with E-state index in [0.29, 0.717) is 6.54 Å². The van der Waals surface area contributed by atoms with E-state index in [1.165, 1.54) is 0 Å². The van der Waals surface area contributed by atoms with Crippen LogP contribution in [-0.4, -0.2) is 20.3 Å². The van der Waals surface area contributed by atoms with Crippen molar-refractivity contribution in [1.29, 1.82) is 0 Å². The van der Waals surface area contributed by atoms with Crippen LogP contribution in [0.4, 0.5) is 0 Å². The van der Waals surface area contributed by atoms with Gasteiger partial charge in [0.15, 0.2) is 5.65 Å². The van der Waals surface area contributed by atoms with E-state index < -0.39 is 0 Å². The van der Waals surface area contributed by atoms with E-state index in [-0.39, 0.29) is 17.2 Å². The van der Waals surface area contributed by atoms with Crippen molar-refractivity contribution in [2.45, 2.75) is 26.8 Å². The number of nitrogens with one attached hydrogen (secondary N) is 1. The molecule has 0 bridgehead atoms. The maximum atomic E-state index is 11.9. The molecule has 2 heterocycles. The fraction of sp³-hybridized carbons (Fsp3) is 0.462. The number of hydrogen-bond donors (Lipinski definition) is 1. The van der Waals surface area contributed by atoms with Gasteiger partial charge in [-0.15, -0.1) is 0 Å². The summed E-state index contributed by atoms with van der Waals surface area (Å²) in [7, 11) is 0. The van der Waals surface area contributed by atoms with Crippen molar-refractivity contribution in [3.8, 4) is 0 Å². The predicted molar refractivity (Wildman–Crippen MR) is 66.7 cm³/mol. The summed E-state index contributed by atoms with van der Waals surface area (Å²) in [5, 5.41) is 2.97. The quantitative estimate of drug-likeness (QED) is 0.887. The second kappa shape index (κ2) is 3.80. The van der Waals surface area contributed by atoms with Crippen LogP contribution in [0.25, 0.3) is 5.65 Å². The lowest BCUT2D eigenvalue weighted by molar-refractivity contribution is -0.123. The number of imidazole rings is 1. The zero-order chi connectivity index (χ0) is 12.8. The third-order valence-corrected chi connectivity index (χ3v) is 3.67. The molecule has 5 nitrogen and oxygen atoms in total. The van der Waals surface area contributed by atoms with Crippen LogP contribution in [0.3, 0.4) is 0 Å². The standard InChI is InChI=1S/C13H16N4O/c1-13(2)5-10(13)12(18)16-7-9-6-15-11-8-14-3-4-17(9)11/h3-4,6,8,10H,5,7H2,1-2H3,(H,16,18). The fourth-order valence-electron chi connectivity index (χ4n) is 2.24. The maximum Gasteiger partial charge on any atom is 0.223 e. The molecule has 2 aromatic rings. The van der Waals surface area contributed by atoms with Gasteiger partial charge < -0.3 is 5.32 Å². The molecule has 18 heavy (non-hydrogen) atoms. The van der Waals surface area contributed by atoms with Crippen molar-refractivity contribution in [2.24, 2.45) is 11.3 Å². The lowest BCUT2D eigenvalue weighted by Crippen LogP contribution is -2.26. The summed E-state index contributed by atoms with van der Waals surface area (Å²) in [6.07, 6.45) is 8.02. The van der Waals surface area contributed by atoms with Crippen LogP contribution >= 0.6 is 0 Å². The van der Waals surface area contributed by atoms with Crippen molar-refractivity contribution in [1.82, 2.24) is 19.7 Å². The molecule has 1 fully saturated rings. The van der Waals surface area contributed by atoms with Gasteiger partial charge in [0.2, 0.25) is 5.91 Å². The molecule has 2 aromatic heterocycles. The summed E-state index contributed by atoms with van der Waals surface area (Å²) in [5.41, 5.74) is 1.95. The molecule has 0 spiro atoms. The van der Waals surface area contributed by atoms with Gasteiger partial charge in [0, 0.05) is 18.3 Å². The minimum absolute atomic E-state index is 0.143. The molecule has 1 amide bonds. The lowest BCUT2D eigenvalue weighted by Gasteiger charge is -2.06. The van der Waals surface area contributed by atoms with Gasteiger partial charge in [0.05, 0.1) is 24.6 Å². The normalized spacial score (nSPS) is 20.9. The number of nitrogens with zero attached hydrogens (tertiary/aromatic N) is 3. The zero-order valence-corrected chi connectivity index (χ0v) is 10.6. The summed E-state index contributed by atoms with van der Waals surface area (Å²) in [5.74, 6) is 0.308. The number of carbonyl (C=O) groups is 1. The Morgan fingerprint density at radius 2 is 2.33 bits per heavy atom. The molecular weight excluding hydrogens is 228 g/mol. The highest BCUT2D eigenvalue weighted by molar-refractivity contribution is 5.82. The molecule has 3 rings (SSSR count). The number of hydrogen-bond acceptors (Lipinski definition) is 3. The van der Waals surface area contributed by atoms with Crippen LogP contribution in [0, 0.1) is 11.3 Å². The first-order valence-corrected chi connectivity index (χ1v) is 6.11. The molecule has 1 aliphatic rings. The topological polar surface area (TPSA) is 59.3 Å². The Bertz CT molecular complexity index is 602. The monoisotopic (exact) mass is 244 g/mol. The van der Waals surface area contributed by atoms with E-state index >= 15 is 0 Å². The Balaban J connectivity index is 1.69. The molecule has 1 N–H and O–H groups in total. The Hall–Kier alpha value is -1.91. The van der Waals surface area contributed by atoms with Gasteiger partial charge in [-0.25, -0.2) is 4.98 Å². The number of rotatable bonds is 3. The first kappa shape index (κ1) is 11.2. The van der Waals surface area contributed by atoms with Crippen LogP contribution in [-0.2, 0) is 11.3 Å². The van der Waals surface area contributed by atoms with Gasteiger partial charge in [-0.2, -0.15) is 0 Å². The summed E-state index contributed by atoms with van der Waals surface area (Å²) >= 11 is 0. The maximum absolute atomic E-state index is 11.9. The highest BCUT2D eigenvalue weighted by Gasteiger charge is 2.50. The minimum Gasteiger partial charge on any atom is -0.350 e. The molecule has 0 aliphatic heterocycles. The van der Waals surface area contributed by atoms with Gasteiger partial charge in [0.25, 0.3) is 0 Å². The van der Waals surface area contributed by atoms with Gasteiger partial charge in [-0.3, -0.25) is 14.2 Å². The molecule has 0 saturated heterocycles. The van der Waals surface area contributed by atoms with Gasteiger partial charge in [-0.05, 0) is 11.8 Å². The number of carbonyl (C=O) groups excluding carboxylic acids is 1. The van der Waals surface area contributed by atoms with Gasteiger partial charge in [0.1, 0.15) is 0 Å². The van der Waals surface area contributed by atoms with Crippen molar-refractivity contribution in [3.63, 3.8) is 0 Å². The summed E-state index contributed by atoms with van der Waals surface area (Å²) in [4.78, 5) is 20.1. The first-order valence-electron chi connectivity index (χ1n) is 6.11. The van der Waals surface area contributed by atoms with Gasteiger partial charge >= 0.3 is 0 Å². The SMILES string of the molecule is CC1(C)CC1C(=O)NCc1cnc2cnccn12. The van der Waals surface area contributed by atoms with E-state index in [4.69, 9.17) is 0 Å². The Kier molecular flexibility index (Phi) is 2.36. The average molecular weight is 244 g/mol. The van der Waals surface area contributed by atoms with E-state index in [0.717, 1.165) is 17.8 Å². The van der Waals surface area contributed by atoms with E-state index in [1.807, 2.05) is 10.6 Å². The van der Waals surface area contributed by atoms with Crippen LogP contribution in [0.5, 0.6) is 0 Å². The Labute approximate surface area is 105 Å². The van der Waals surface area contributed by atoms with Crippen molar-refractivity contribution in [3.05, 3.63) is 30.5 Å². The van der Waals surface area contributed by atoms with Crippen LogP contribution in [0.2, 0.25) is 0 Å². The largest absolute Gasteiger partial charge is 0.350 e. The zero-order valence-electron chi connectivity index (χ0n) is 10.6. The molecule has 1 unspecified atom stereocenters. The molecule has 1 atom stereocenters. The van der Waals surface area contributed by atoms with Crippen LogP contribution in [0.1, 0.15) is 26.0 Å². The molecule has 0 radical (unpaired) electrons. The predicted octanol–water partition coefficient (Wildman–Crippen LogP) is 1.39. The molecule has 1 aliphatic carbocycles. The average Bonchev–Trinajstić information content (AvgIpc) is 2.83.